The van der Waals surface area contributed by atoms with E-state index in [1.54, 1.807) is 4.68 Å². The van der Waals surface area contributed by atoms with E-state index in [1.807, 2.05) is 71.4 Å². The van der Waals surface area contributed by atoms with E-state index in [-0.39, 0.29) is 5.56 Å². The van der Waals surface area contributed by atoms with Crippen LogP contribution < -0.4 is 16.1 Å². The molecule has 4 aromatic rings. The maximum Gasteiger partial charge on any atom is 0.283 e. The summed E-state index contributed by atoms with van der Waals surface area (Å²) in [6, 6.07) is 19.8. The molecule has 3 heterocycles. The molecule has 0 spiro atoms. The second kappa shape index (κ2) is 5.88. The number of benzene rings is 2. The van der Waals surface area contributed by atoms with Crippen molar-refractivity contribution in [2.24, 2.45) is 0 Å². The van der Waals surface area contributed by atoms with Crippen LogP contribution in [0, 0.1) is 0 Å². The van der Waals surface area contributed by atoms with Gasteiger partial charge in [-0.15, -0.1) is 0 Å². The van der Waals surface area contributed by atoms with E-state index in [4.69, 9.17) is 4.98 Å². The number of imidazole rings is 1. The summed E-state index contributed by atoms with van der Waals surface area (Å²) in [5, 5.41) is 4.06. The zero-order chi connectivity index (χ0) is 17.5. The van der Waals surface area contributed by atoms with Gasteiger partial charge in [0.05, 0.1) is 17.6 Å². The summed E-state index contributed by atoms with van der Waals surface area (Å²) >= 11 is 0. The molecular weight excluding hydrogens is 324 g/mol. The molecule has 0 amide bonds. The fourth-order valence-corrected chi connectivity index (χ4v) is 3.62. The standard InChI is InChI=1S/C21H18N4O/c26-21-19(17-12-7-13-22-17)20-23-18(15-8-3-1-4-9-15)14-24(20)25(21)16-10-5-2-6-11-16/h1-6,8-11,14,22H,7,12-13H2/b19-17+. The van der Waals surface area contributed by atoms with Crippen LogP contribution in [0.15, 0.2) is 71.7 Å². The molecule has 5 nitrogen and oxygen atoms in total. The third-order valence-corrected chi connectivity index (χ3v) is 4.85. The van der Waals surface area contributed by atoms with Gasteiger partial charge in [-0.2, -0.15) is 0 Å². The number of hydrogen-bond donors (Lipinski definition) is 1. The first-order valence-electron chi connectivity index (χ1n) is 8.85. The van der Waals surface area contributed by atoms with Crippen LogP contribution in [0.25, 0.3) is 28.3 Å². The minimum Gasteiger partial charge on any atom is -0.388 e. The first kappa shape index (κ1) is 15.0. The number of fused-ring (bicyclic) bond motifs is 1. The Morgan fingerprint density at radius 1 is 0.962 bits per heavy atom. The highest BCUT2D eigenvalue weighted by Crippen LogP contribution is 2.19. The topological polar surface area (TPSA) is 51.3 Å². The summed E-state index contributed by atoms with van der Waals surface area (Å²) in [7, 11) is 0. The van der Waals surface area contributed by atoms with Gasteiger partial charge in [0.15, 0.2) is 5.65 Å². The number of para-hydroxylation sites is 1. The molecule has 2 aromatic carbocycles. The van der Waals surface area contributed by atoms with Crippen LogP contribution in [-0.2, 0) is 0 Å². The molecular formula is C21H18N4O. The Balaban J connectivity index is 1.87. The molecule has 5 heteroatoms. The minimum absolute atomic E-state index is 0.0253. The van der Waals surface area contributed by atoms with Gasteiger partial charge in [-0.3, -0.25) is 4.79 Å². The number of nitrogens with zero attached hydrogens (tertiary/aromatic N) is 3. The molecule has 0 radical (unpaired) electrons. The van der Waals surface area contributed by atoms with E-state index < -0.39 is 0 Å². The van der Waals surface area contributed by atoms with Crippen molar-refractivity contribution in [3.63, 3.8) is 0 Å². The molecule has 128 valence electrons. The molecule has 26 heavy (non-hydrogen) atoms. The largest absolute Gasteiger partial charge is 0.388 e. The van der Waals surface area contributed by atoms with Crippen LogP contribution in [-0.4, -0.2) is 20.7 Å². The predicted octanol–water partition coefficient (Wildman–Crippen LogP) is 2.36. The van der Waals surface area contributed by atoms with Crippen molar-refractivity contribution < 1.29 is 0 Å². The van der Waals surface area contributed by atoms with Crippen LogP contribution in [0.3, 0.4) is 0 Å². The van der Waals surface area contributed by atoms with Crippen LogP contribution in [0.1, 0.15) is 12.8 Å². The smallest absolute Gasteiger partial charge is 0.283 e. The van der Waals surface area contributed by atoms with E-state index in [9.17, 15) is 4.79 Å². The molecule has 0 atom stereocenters. The van der Waals surface area contributed by atoms with Crippen LogP contribution in [0.2, 0.25) is 0 Å². The maximum atomic E-state index is 13.2. The Morgan fingerprint density at radius 2 is 1.69 bits per heavy atom. The molecule has 2 aromatic heterocycles. The normalized spacial score (nSPS) is 16.2. The van der Waals surface area contributed by atoms with Crippen molar-refractivity contribution in [1.82, 2.24) is 19.5 Å². The fraction of sp³-hybridized carbons (Fsp3) is 0.143. The summed E-state index contributed by atoms with van der Waals surface area (Å²) in [5.41, 5.74) is 4.43. The lowest BCUT2D eigenvalue weighted by atomic mass is 10.2. The van der Waals surface area contributed by atoms with Crippen LogP contribution >= 0.6 is 0 Å². The summed E-state index contributed by atoms with van der Waals surface area (Å²) < 4.78 is 3.58. The number of aromatic nitrogens is 3. The van der Waals surface area contributed by atoms with Gasteiger partial charge in [-0.1, -0.05) is 48.5 Å². The highest BCUT2D eigenvalue weighted by molar-refractivity contribution is 5.65. The molecule has 0 bridgehead atoms. The zero-order valence-corrected chi connectivity index (χ0v) is 14.2. The Bertz CT molecular complexity index is 1180. The lowest BCUT2D eigenvalue weighted by Crippen LogP contribution is -2.32. The van der Waals surface area contributed by atoms with Gasteiger partial charge in [0, 0.05) is 17.8 Å². The molecule has 1 saturated heterocycles. The number of rotatable bonds is 2. The summed E-state index contributed by atoms with van der Waals surface area (Å²) in [6.45, 7) is 0.906. The molecule has 0 aliphatic carbocycles. The van der Waals surface area contributed by atoms with E-state index in [0.717, 1.165) is 42.0 Å². The lowest BCUT2D eigenvalue weighted by Gasteiger charge is -2.03. The molecule has 1 N–H and O–H groups in total. The highest BCUT2D eigenvalue weighted by Gasteiger charge is 2.19. The van der Waals surface area contributed by atoms with Crippen LogP contribution in [0.4, 0.5) is 0 Å². The molecule has 5 rings (SSSR count). The van der Waals surface area contributed by atoms with E-state index >= 15 is 0 Å². The quantitative estimate of drug-likeness (QED) is 0.608. The van der Waals surface area contributed by atoms with Gasteiger partial charge >= 0.3 is 0 Å². The summed E-state index contributed by atoms with van der Waals surface area (Å²) in [4.78, 5) is 18.0. The van der Waals surface area contributed by atoms with Gasteiger partial charge in [0.1, 0.15) is 5.22 Å². The molecule has 1 aliphatic heterocycles. The van der Waals surface area contributed by atoms with Crippen molar-refractivity contribution in [3.05, 3.63) is 82.4 Å². The third-order valence-electron chi connectivity index (χ3n) is 4.85. The molecule has 1 fully saturated rings. The monoisotopic (exact) mass is 342 g/mol. The Hall–Kier alpha value is -3.34. The predicted molar refractivity (Wildman–Crippen MR) is 102 cm³/mol. The second-order valence-corrected chi connectivity index (χ2v) is 6.50. The SMILES string of the molecule is O=c1/c(=C2\CCCN2)c2nc(-c3ccccc3)cn2n1-c1ccccc1. The Kier molecular flexibility index (Phi) is 3.38. The van der Waals surface area contributed by atoms with E-state index in [0.29, 0.717) is 10.9 Å². The summed E-state index contributed by atoms with van der Waals surface area (Å²) in [6.07, 6.45) is 3.87. The van der Waals surface area contributed by atoms with Crippen LogP contribution in [0.5, 0.6) is 0 Å². The van der Waals surface area contributed by atoms with Crippen molar-refractivity contribution in [2.75, 3.05) is 6.54 Å². The molecule has 0 saturated carbocycles. The van der Waals surface area contributed by atoms with Crippen molar-refractivity contribution >= 4 is 11.3 Å². The average molecular weight is 342 g/mol. The summed E-state index contributed by atoms with van der Waals surface area (Å²) in [5.74, 6) is 0. The fourth-order valence-electron chi connectivity index (χ4n) is 3.62. The van der Waals surface area contributed by atoms with Crippen molar-refractivity contribution in [3.8, 4) is 16.9 Å². The Morgan fingerprint density at radius 3 is 2.38 bits per heavy atom. The zero-order valence-electron chi connectivity index (χ0n) is 14.2. The number of hydrogen-bond acceptors (Lipinski definition) is 3. The molecule has 1 aliphatic rings. The minimum atomic E-state index is -0.0253. The molecule has 0 unspecified atom stereocenters. The maximum absolute atomic E-state index is 13.2. The van der Waals surface area contributed by atoms with Crippen molar-refractivity contribution in [1.29, 1.82) is 0 Å². The van der Waals surface area contributed by atoms with Gasteiger partial charge in [-0.25, -0.2) is 14.2 Å². The average Bonchev–Trinajstić information content (AvgIpc) is 3.39. The lowest BCUT2D eigenvalue weighted by molar-refractivity contribution is 0.778. The van der Waals surface area contributed by atoms with Gasteiger partial charge in [0.2, 0.25) is 0 Å². The van der Waals surface area contributed by atoms with Gasteiger partial charge in [0.25, 0.3) is 5.56 Å². The Labute approximate surface area is 150 Å². The van der Waals surface area contributed by atoms with Crippen molar-refractivity contribution in [2.45, 2.75) is 12.8 Å². The highest BCUT2D eigenvalue weighted by atomic mass is 16.1. The second-order valence-electron chi connectivity index (χ2n) is 6.50. The van der Waals surface area contributed by atoms with E-state index in [2.05, 4.69) is 5.32 Å². The number of nitrogens with one attached hydrogen (secondary N) is 1. The van der Waals surface area contributed by atoms with E-state index in [1.165, 1.54) is 0 Å². The van der Waals surface area contributed by atoms with Gasteiger partial charge in [-0.05, 0) is 25.0 Å². The first-order chi connectivity index (χ1) is 12.8. The third kappa shape index (κ3) is 2.24. The van der Waals surface area contributed by atoms with Gasteiger partial charge < -0.3 is 5.32 Å². The first-order valence-corrected chi connectivity index (χ1v) is 8.85.